The summed E-state index contributed by atoms with van der Waals surface area (Å²) in [4.78, 5) is 43.7. The lowest BCUT2D eigenvalue weighted by Gasteiger charge is -2.61. The lowest BCUT2D eigenvalue weighted by molar-refractivity contribution is -0.151. The number of aromatic nitrogens is 6. The fourth-order valence-electron chi connectivity index (χ4n) is 27.8. The fourth-order valence-corrected chi connectivity index (χ4v) is 27.8. The molecule has 9 N–H and O–H groups in total. The van der Waals surface area contributed by atoms with Crippen molar-refractivity contribution in [3.8, 4) is 0 Å². The van der Waals surface area contributed by atoms with Gasteiger partial charge in [0.1, 0.15) is 35.2 Å². The van der Waals surface area contributed by atoms with E-state index < -0.39 is 22.6 Å². The molecule has 17 heteroatoms. The number of nitrogens with one attached hydrogen (secondary N) is 1. The highest BCUT2D eigenvalue weighted by atomic mass is 19.1. The van der Waals surface area contributed by atoms with Gasteiger partial charge in [0.15, 0.2) is 29.0 Å². The molecule has 2 aromatic heterocycles. The van der Waals surface area contributed by atoms with Crippen LogP contribution >= 0.6 is 0 Å². The highest BCUT2D eigenvalue weighted by Gasteiger charge is 2.66. The third-order valence-corrected chi connectivity index (χ3v) is 33.8. The minimum atomic E-state index is -0.502. The molecule has 0 amide bonds. The van der Waals surface area contributed by atoms with Gasteiger partial charge in [0.2, 0.25) is 0 Å². The van der Waals surface area contributed by atoms with Gasteiger partial charge in [-0.25, -0.2) is 8.78 Å². The topological polar surface area (TPSA) is 246 Å². The molecule has 15 nitrogen and oxygen atoms in total. The Bertz CT molecular complexity index is 4090. The van der Waals surface area contributed by atoms with Crippen molar-refractivity contribution in [2.45, 2.75) is 286 Å². The molecule has 0 radical (unpaired) electrons. The van der Waals surface area contributed by atoms with Crippen molar-refractivity contribution >= 4 is 50.8 Å². The molecule has 24 atom stereocenters. The smallest absolute Gasteiger partial charge is 0.159 e. The van der Waals surface area contributed by atoms with Crippen LogP contribution in [0.5, 0.6) is 0 Å². The van der Waals surface area contributed by atoms with Crippen LogP contribution in [0.4, 0.5) is 20.2 Å². The Morgan fingerprint density at radius 2 is 0.817 bits per heavy atom. The second kappa shape index (κ2) is 27.1. The monoisotopic (exact) mass is 1430 g/mol. The van der Waals surface area contributed by atoms with Crippen molar-refractivity contribution in [1.29, 1.82) is 0 Å². The summed E-state index contributed by atoms with van der Waals surface area (Å²) in [6.07, 6.45) is 30.0. The van der Waals surface area contributed by atoms with Gasteiger partial charge in [0, 0.05) is 17.8 Å². The number of Topliss-reactive ketones (excluding diaryl/α,β-unsaturated/α-hetero) is 3. The molecule has 104 heavy (non-hydrogen) atoms. The van der Waals surface area contributed by atoms with Gasteiger partial charge in [-0.2, -0.15) is 24.9 Å². The molecule has 3 aromatic carbocycles. The predicted molar refractivity (Wildman–Crippen MR) is 406 cm³/mol. The zero-order valence-corrected chi connectivity index (χ0v) is 65.2. The average Bonchev–Trinajstić information content (AvgIpc) is 1.23. The van der Waals surface area contributed by atoms with Gasteiger partial charge >= 0.3 is 0 Å². The van der Waals surface area contributed by atoms with Crippen LogP contribution in [0.25, 0.3) is 22.1 Å². The van der Waals surface area contributed by atoms with E-state index in [9.17, 15) is 38.5 Å². The van der Waals surface area contributed by atoms with Gasteiger partial charge in [-0.05, 0) is 359 Å². The lowest BCUT2D eigenvalue weighted by atomic mass is 9.44. The van der Waals surface area contributed by atoms with Gasteiger partial charge in [-0.1, -0.05) is 59.7 Å². The molecule has 2 heterocycles. The molecule has 12 saturated carbocycles. The van der Waals surface area contributed by atoms with Gasteiger partial charge in [-0.3, -0.25) is 14.4 Å². The number of carbonyl (C=O) groups excluding carboxylic acids is 3. The first-order valence-electron chi connectivity index (χ1n) is 40.9. The maximum atomic E-state index is 14.5. The molecule has 17 rings (SSSR count). The maximum absolute atomic E-state index is 14.5. The number of benzene rings is 3. The van der Waals surface area contributed by atoms with Crippen LogP contribution in [0.15, 0.2) is 42.5 Å². The quantitative estimate of drug-likeness (QED) is 0.0713. The van der Waals surface area contributed by atoms with Gasteiger partial charge in [0.25, 0.3) is 0 Å². The minimum Gasteiger partial charge on any atom is -0.395 e. The first-order chi connectivity index (χ1) is 48.6. The molecular formula is C87H127F2N9O6. The standard InChI is InChI=1S/C29H40FN3O2.C29H43FN2O2.C29H41N3O2.H3N/c1-17-5-10-23-26(25(17)30)32-33(31-23)16-24(34)22-9-8-20-19-7-6-18-15-27(2,35)13-14-28(18,3)21(19)11-12-29(20,22)4;1-17-5-10-23(26(31)25(17)30)32-16-24(33)22-9-8-20-19-7-6-18-15-27(2,34)13-14-28(18,3)21(19)11-12-29(20,22)4;1-18-5-10-24-25(15-18)31-32(30-24)17-26(33)23-9-8-21-20-7-6-19-16-27(2,34)13-14-28(19,3)22(20)11-12-29(21,23)4;/h5,10,18-22,35H,6-9,11-16H2,1-4H3;5,10,18-22,32,34H,6-9,11-16,31H2,1-4H3;5,10,15,19-23,34H,6-9,11-14,16-17H2,1-4H3;1H3/t2*18-,19-,20-,21-,22+,27+,28-,29-;19-,20+,21+,22+,23-,27-,28+,29+;/m001./s1. The maximum Gasteiger partial charge on any atom is 0.159 e. The van der Waals surface area contributed by atoms with E-state index in [2.05, 4.69) is 74.2 Å². The van der Waals surface area contributed by atoms with Crippen LogP contribution < -0.4 is 17.2 Å². The molecule has 570 valence electrons. The second-order valence-corrected chi connectivity index (χ2v) is 39.5. The van der Waals surface area contributed by atoms with E-state index in [-0.39, 0.29) is 81.8 Å². The number of aliphatic hydroxyl groups is 3. The number of hydrogen-bond acceptors (Lipinski definition) is 13. The molecule has 0 spiro atoms. The number of carbonyl (C=O) groups is 3. The molecule has 0 unspecified atom stereocenters. The van der Waals surface area contributed by atoms with E-state index in [0.29, 0.717) is 104 Å². The van der Waals surface area contributed by atoms with E-state index in [1.807, 2.05) is 39.0 Å². The Kier molecular flexibility index (Phi) is 19.7. The Balaban J connectivity index is 0.000000131. The average molecular weight is 1430 g/mol. The highest BCUT2D eigenvalue weighted by Crippen LogP contribution is 2.72. The number of nitrogen functional groups attached to an aromatic ring is 1. The van der Waals surface area contributed by atoms with Crippen LogP contribution in [0.3, 0.4) is 0 Å². The number of rotatable bonds is 10. The van der Waals surface area contributed by atoms with Crippen molar-refractivity contribution in [1.82, 2.24) is 36.1 Å². The summed E-state index contributed by atoms with van der Waals surface area (Å²) in [7, 11) is 0. The Morgan fingerprint density at radius 1 is 0.442 bits per heavy atom. The SMILES string of the molecule is Cc1ccc(NCC(=O)[C@H]2CC[C@H]3[C@@H]4CC[C@H]5C[C@](C)(O)CC[C@]5(C)[C@H]4CC[C@]23C)c(N)c1F.Cc1ccc2nn(CC(=O)[C@H]3CC[C@H]4[C@@H]5CC[C@@H]6C[C@](C)(O)CC[C@]6(C)[C@H]5CC[C@]34C)nc2c1.Cc1ccc2nn(CC(=O)[C@H]3CC[C@H]4[C@@H]5CC[C@H]6C[C@](C)(O)CC[C@]6(C)[C@H]5CC[C@]34C)nc2c1F.N. The number of fused-ring (bicyclic) bond motifs is 17. The highest BCUT2D eigenvalue weighted by molar-refractivity contribution is 5.87. The summed E-state index contributed by atoms with van der Waals surface area (Å²) >= 11 is 0. The van der Waals surface area contributed by atoms with E-state index in [1.165, 1.54) is 81.0 Å². The number of nitrogens with two attached hydrogens (primary N) is 1. The minimum absolute atomic E-state index is 0. The first kappa shape index (κ1) is 75.6. The molecule has 5 aromatic rings. The van der Waals surface area contributed by atoms with Crippen LogP contribution in [-0.2, 0) is 27.5 Å². The molecule has 12 fully saturated rings. The molecule has 12 aliphatic rings. The molecule has 0 aliphatic heterocycles. The van der Waals surface area contributed by atoms with Crippen molar-refractivity contribution in [3.63, 3.8) is 0 Å². The van der Waals surface area contributed by atoms with Gasteiger partial charge in [0.05, 0.1) is 34.7 Å². The summed E-state index contributed by atoms with van der Waals surface area (Å²) in [6, 6.07) is 13.0. The predicted octanol–water partition coefficient (Wildman–Crippen LogP) is 17.8. The van der Waals surface area contributed by atoms with Crippen molar-refractivity contribution in [2.75, 3.05) is 17.6 Å². The van der Waals surface area contributed by atoms with Gasteiger partial charge < -0.3 is 32.5 Å². The number of nitrogens with zero attached hydrogens (tertiary/aromatic N) is 6. The van der Waals surface area contributed by atoms with Crippen LogP contribution in [0.2, 0.25) is 0 Å². The normalized spacial score (nSPS) is 43.0. The third kappa shape index (κ3) is 12.9. The van der Waals surface area contributed by atoms with E-state index >= 15 is 0 Å². The van der Waals surface area contributed by atoms with E-state index in [0.717, 1.165) is 132 Å². The van der Waals surface area contributed by atoms with E-state index in [1.54, 1.807) is 42.9 Å². The molecule has 0 saturated heterocycles. The Morgan fingerprint density at radius 3 is 1.27 bits per heavy atom. The van der Waals surface area contributed by atoms with Crippen molar-refractivity contribution in [2.24, 2.45) is 121 Å². The summed E-state index contributed by atoms with van der Waals surface area (Å²) < 4.78 is 28.7. The second-order valence-electron chi connectivity index (χ2n) is 39.5. The zero-order chi connectivity index (χ0) is 73.1. The van der Waals surface area contributed by atoms with Crippen LogP contribution in [0.1, 0.15) is 252 Å². The Labute approximate surface area is 618 Å². The number of halogens is 2. The fraction of sp³-hybridized carbons (Fsp3) is 0.759. The Hall–Kier alpha value is -5.23. The van der Waals surface area contributed by atoms with Crippen LogP contribution in [-0.4, -0.2) is 86.0 Å². The summed E-state index contributed by atoms with van der Waals surface area (Å²) in [5.41, 5.74) is 11.1. The molecule has 0 bridgehead atoms. The van der Waals surface area contributed by atoms with Gasteiger partial charge in [-0.15, -0.1) is 5.10 Å². The zero-order valence-electron chi connectivity index (χ0n) is 65.2. The number of ketones is 3. The summed E-state index contributed by atoms with van der Waals surface area (Å²) in [5, 5.41) is 53.3. The number of anilines is 2. The lowest BCUT2D eigenvalue weighted by Crippen LogP contribution is -2.55. The number of aryl methyl sites for hydroxylation is 3. The summed E-state index contributed by atoms with van der Waals surface area (Å²) in [5.74, 6) is 8.39. The largest absolute Gasteiger partial charge is 0.395 e. The van der Waals surface area contributed by atoms with E-state index in [4.69, 9.17) is 5.73 Å². The molecule has 12 aliphatic carbocycles. The number of hydrogen-bond donors (Lipinski definition) is 6. The van der Waals surface area contributed by atoms with Crippen molar-refractivity contribution in [3.05, 3.63) is 70.8 Å². The van der Waals surface area contributed by atoms with Crippen LogP contribution in [0, 0.1) is 154 Å². The molecular weight excluding hydrogens is 1310 g/mol. The first-order valence-corrected chi connectivity index (χ1v) is 40.9. The van der Waals surface area contributed by atoms with Crippen molar-refractivity contribution < 1.29 is 38.5 Å². The third-order valence-electron chi connectivity index (χ3n) is 33.8. The summed E-state index contributed by atoms with van der Waals surface area (Å²) in [6.45, 7) is 27.0.